The summed E-state index contributed by atoms with van der Waals surface area (Å²) < 4.78 is 7.96. The number of carbonyl (C=O) groups is 1. The Bertz CT molecular complexity index is 1140. The molecule has 184 valence electrons. The van der Waals surface area contributed by atoms with Gasteiger partial charge in [0.25, 0.3) is 5.91 Å². The van der Waals surface area contributed by atoms with E-state index in [-0.39, 0.29) is 6.04 Å². The summed E-state index contributed by atoms with van der Waals surface area (Å²) in [6.07, 6.45) is 9.61. The minimum atomic E-state index is -0.513. The maximum absolute atomic E-state index is 12.4. The lowest BCUT2D eigenvalue weighted by Gasteiger charge is -2.38. The van der Waals surface area contributed by atoms with Gasteiger partial charge in [-0.25, -0.2) is 0 Å². The standard InChI is InChI=1S/C29H36N4O2/c1-3-5-10-22(4-2)32-18-9-11-23(19-32)33-20-26(27(28(33)30)29(31)34)21-14-16-25(17-15-21)35-24-12-7-6-8-13-24/h4,6-8,12-17,20,22-23H,2-3,5,9-11,18-19,30H2,1H3,(H2,31,34). The topological polar surface area (TPSA) is 86.5 Å². The van der Waals surface area contributed by atoms with E-state index in [2.05, 4.69) is 29.0 Å². The van der Waals surface area contributed by atoms with Crippen LogP contribution in [-0.2, 0) is 0 Å². The highest BCUT2D eigenvalue weighted by Gasteiger charge is 2.29. The second kappa shape index (κ2) is 11.3. The number of hydrogen-bond acceptors (Lipinski definition) is 4. The highest BCUT2D eigenvalue weighted by atomic mass is 16.5. The van der Waals surface area contributed by atoms with Crippen LogP contribution in [0.4, 0.5) is 5.82 Å². The normalized spacial score (nSPS) is 17.1. The molecule has 35 heavy (non-hydrogen) atoms. The number of para-hydroxylation sites is 1. The molecule has 2 heterocycles. The van der Waals surface area contributed by atoms with Gasteiger partial charge in [0.05, 0.1) is 5.56 Å². The average Bonchev–Trinajstić information content (AvgIpc) is 3.23. The number of carbonyl (C=O) groups excluding carboxylic acids is 1. The maximum Gasteiger partial charge on any atom is 0.253 e. The molecule has 6 nitrogen and oxygen atoms in total. The SMILES string of the molecule is C=CC(CCCC)N1CCCC(n2cc(-c3ccc(Oc4ccccc4)cc3)c(C(N)=O)c2N)C1. The number of ether oxygens (including phenoxy) is 1. The summed E-state index contributed by atoms with van der Waals surface area (Å²) in [6, 6.07) is 17.8. The van der Waals surface area contributed by atoms with Crippen molar-refractivity contribution < 1.29 is 9.53 Å². The Morgan fingerprint density at radius 2 is 1.89 bits per heavy atom. The molecule has 3 aromatic rings. The number of anilines is 1. The molecular formula is C29H36N4O2. The number of nitrogen functional groups attached to an aromatic ring is 1. The van der Waals surface area contributed by atoms with Crippen LogP contribution < -0.4 is 16.2 Å². The Labute approximate surface area is 208 Å². The Balaban J connectivity index is 1.59. The first-order valence-corrected chi connectivity index (χ1v) is 12.5. The monoisotopic (exact) mass is 472 g/mol. The molecule has 0 radical (unpaired) electrons. The molecule has 6 heteroatoms. The van der Waals surface area contributed by atoms with Crippen LogP contribution in [0.25, 0.3) is 11.1 Å². The first-order valence-electron chi connectivity index (χ1n) is 12.5. The van der Waals surface area contributed by atoms with Gasteiger partial charge in [0.2, 0.25) is 0 Å². The van der Waals surface area contributed by atoms with Crippen molar-refractivity contribution in [3.8, 4) is 22.6 Å². The van der Waals surface area contributed by atoms with E-state index in [0.717, 1.165) is 55.0 Å². The van der Waals surface area contributed by atoms with Gasteiger partial charge in [0.15, 0.2) is 0 Å². The molecule has 0 spiro atoms. The summed E-state index contributed by atoms with van der Waals surface area (Å²) in [5.41, 5.74) is 14.4. The van der Waals surface area contributed by atoms with Crippen LogP contribution in [0.5, 0.6) is 11.5 Å². The van der Waals surface area contributed by atoms with Gasteiger partial charge >= 0.3 is 0 Å². The predicted octanol–water partition coefficient (Wildman–Crippen LogP) is 6.01. The molecule has 1 aliphatic heterocycles. The van der Waals surface area contributed by atoms with Crippen molar-refractivity contribution in [2.24, 2.45) is 5.73 Å². The molecule has 0 bridgehead atoms. The van der Waals surface area contributed by atoms with Gasteiger partial charge in [0, 0.05) is 30.4 Å². The van der Waals surface area contributed by atoms with E-state index in [1.54, 1.807) is 0 Å². The lowest BCUT2D eigenvalue weighted by molar-refractivity contribution is 0.100. The largest absolute Gasteiger partial charge is 0.457 e. The van der Waals surface area contributed by atoms with Crippen molar-refractivity contribution in [2.75, 3.05) is 18.8 Å². The zero-order valence-corrected chi connectivity index (χ0v) is 20.5. The number of rotatable bonds is 10. The molecule has 4 N–H and O–H groups in total. The number of primary amides is 1. The Morgan fingerprint density at radius 3 is 2.54 bits per heavy atom. The van der Waals surface area contributed by atoms with Crippen LogP contribution in [0.3, 0.4) is 0 Å². The van der Waals surface area contributed by atoms with Crippen LogP contribution in [0, 0.1) is 0 Å². The number of piperidine rings is 1. The molecule has 1 amide bonds. The van der Waals surface area contributed by atoms with Gasteiger partial charge in [-0.1, -0.05) is 56.2 Å². The van der Waals surface area contributed by atoms with Crippen LogP contribution >= 0.6 is 0 Å². The number of nitrogens with zero attached hydrogens (tertiary/aromatic N) is 2. The smallest absolute Gasteiger partial charge is 0.253 e. The number of aromatic nitrogens is 1. The highest BCUT2D eigenvalue weighted by molar-refractivity contribution is 6.04. The lowest BCUT2D eigenvalue weighted by atomic mass is 10.0. The van der Waals surface area contributed by atoms with Crippen LogP contribution in [-0.4, -0.2) is 34.5 Å². The zero-order valence-electron chi connectivity index (χ0n) is 20.5. The number of nitrogens with two attached hydrogens (primary N) is 2. The van der Waals surface area contributed by atoms with Gasteiger partial charge < -0.3 is 20.8 Å². The van der Waals surface area contributed by atoms with Crippen LogP contribution in [0.2, 0.25) is 0 Å². The summed E-state index contributed by atoms with van der Waals surface area (Å²) in [5.74, 6) is 1.42. The van der Waals surface area contributed by atoms with Crippen molar-refractivity contribution in [1.29, 1.82) is 0 Å². The number of hydrogen-bond donors (Lipinski definition) is 2. The second-order valence-corrected chi connectivity index (χ2v) is 9.25. The van der Waals surface area contributed by atoms with Crippen molar-refractivity contribution in [1.82, 2.24) is 9.47 Å². The molecule has 1 aliphatic rings. The number of benzene rings is 2. The summed E-state index contributed by atoms with van der Waals surface area (Å²) in [7, 11) is 0. The Hall–Kier alpha value is -3.51. The average molecular weight is 473 g/mol. The fourth-order valence-corrected chi connectivity index (χ4v) is 5.02. The third-order valence-electron chi connectivity index (χ3n) is 6.88. The number of unbranched alkanes of at least 4 members (excludes halogenated alkanes) is 1. The quantitative estimate of drug-likeness (QED) is 0.354. The second-order valence-electron chi connectivity index (χ2n) is 9.25. The van der Waals surface area contributed by atoms with Gasteiger partial charge in [-0.05, 0) is 55.6 Å². The molecule has 4 rings (SSSR count). The number of amides is 1. The van der Waals surface area contributed by atoms with Gasteiger partial charge in [-0.15, -0.1) is 6.58 Å². The predicted molar refractivity (Wildman–Crippen MR) is 143 cm³/mol. The zero-order chi connectivity index (χ0) is 24.8. The summed E-state index contributed by atoms with van der Waals surface area (Å²) in [6.45, 7) is 8.22. The van der Waals surface area contributed by atoms with E-state index in [1.807, 2.05) is 60.8 Å². The third kappa shape index (κ3) is 5.60. The molecule has 2 atom stereocenters. The van der Waals surface area contributed by atoms with E-state index >= 15 is 0 Å². The lowest BCUT2D eigenvalue weighted by Crippen LogP contribution is -2.42. The van der Waals surface area contributed by atoms with E-state index in [1.165, 1.54) is 12.8 Å². The van der Waals surface area contributed by atoms with Crippen molar-refractivity contribution in [3.05, 3.63) is 79.0 Å². The summed E-state index contributed by atoms with van der Waals surface area (Å²) in [5, 5.41) is 0. The van der Waals surface area contributed by atoms with Crippen molar-refractivity contribution >= 4 is 11.7 Å². The number of likely N-dealkylation sites (tertiary alicyclic amines) is 1. The van der Waals surface area contributed by atoms with E-state index in [0.29, 0.717) is 17.4 Å². The Kier molecular flexibility index (Phi) is 7.93. The van der Waals surface area contributed by atoms with Crippen LogP contribution in [0.1, 0.15) is 55.4 Å². The first kappa shape index (κ1) is 24.6. The minimum absolute atomic E-state index is 0.181. The molecular weight excluding hydrogens is 436 g/mol. The molecule has 0 saturated carbocycles. The highest BCUT2D eigenvalue weighted by Crippen LogP contribution is 2.36. The first-order chi connectivity index (χ1) is 17.0. The molecule has 1 saturated heterocycles. The van der Waals surface area contributed by atoms with Gasteiger partial charge in [-0.2, -0.15) is 0 Å². The molecule has 1 fully saturated rings. The van der Waals surface area contributed by atoms with E-state index < -0.39 is 5.91 Å². The minimum Gasteiger partial charge on any atom is -0.457 e. The van der Waals surface area contributed by atoms with E-state index in [4.69, 9.17) is 16.2 Å². The van der Waals surface area contributed by atoms with E-state index in [9.17, 15) is 4.79 Å². The summed E-state index contributed by atoms with van der Waals surface area (Å²) in [4.78, 5) is 14.9. The molecule has 2 unspecified atom stereocenters. The fraction of sp³-hybridized carbons (Fsp3) is 0.345. The Morgan fingerprint density at radius 1 is 1.17 bits per heavy atom. The molecule has 2 aromatic carbocycles. The third-order valence-corrected chi connectivity index (χ3v) is 6.88. The van der Waals surface area contributed by atoms with Crippen molar-refractivity contribution in [2.45, 2.75) is 51.1 Å². The molecule has 0 aliphatic carbocycles. The van der Waals surface area contributed by atoms with Crippen LogP contribution in [0.15, 0.2) is 73.4 Å². The maximum atomic E-state index is 12.4. The summed E-state index contributed by atoms with van der Waals surface area (Å²) >= 11 is 0. The van der Waals surface area contributed by atoms with Gasteiger partial charge in [-0.3, -0.25) is 9.69 Å². The van der Waals surface area contributed by atoms with Crippen molar-refractivity contribution in [3.63, 3.8) is 0 Å². The van der Waals surface area contributed by atoms with Gasteiger partial charge in [0.1, 0.15) is 17.3 Å². The fourth-order valence-electron chi connectivity index (χ4n) is 5.02. The molecule has 1 aromatic heterocycles.